The minimum atomic E-state index is -3.57. The molecule has 0 radical (unpaired) electrons. The van der Waals surface area contributed by atoms with E-state index >= 15 is 0 Å². The first-order chi connectivity index (χ1) is 16.8. The summed E-state index contributed by atoms with van der Waals surface area (Å²) in [7, 11) is -0.692. The molecule has 178 valence electrons. The fourth-order valence-corrected chi connectivity index (χ4v) is 4.33. The molecule has 0 bridgehead atoms. The zero-order chi connectivity index (χ0) is 25.0. The van der Waals surface area contributed by atoms with Crippen molar-refractivity contribution in [3.05, 3.63) is 90.5 Å². The Morgan fingerprint density at radius 1 is 0.914 bits per heavy atom. The van der Waals surface area contributed by atoms with Gasteiger partial charge >= 0.3 is 5.97 Å². The molecule has 9 heteroatoms. The maximum atomic E-state index is 12.9. The third-order valence-corrected chi connectivity index (χ3v) is 7.09. The van der Waals surface area contributed by atoms with E-state index in [1.54, 1.807) is 18.2 Å². The van der Waals surface area contributed by atoms with E-state index in [0.29, 0.717) is 27.8 Å². The Hall–Kier alpha value is -4.08. The van der Waals surface area contributed by atoms with E-state index < -0.39 is 28.5 Å². The normalized spacial score (nSPS) is 11.4. The molecule has 4 rings (SSSR count). The first-order valence-corrected chi connectivity index (χ1v) is 12.1. The minimum Gasteiger partial charge on any atom is -0.452 e. The Kier molecular flexibility index (Phi) is 6.90. The van der Waals surface area contributed by atoms with Crippen LogP contribution in [-0.4, -0.2) is 50.3 Å². The number of carbonyl (C=O) groups excluding carboxylic acids is 2. The van der Waals surface area contributed by atoms with E-state index in [4.69, 9.17) is 4.74 Å². The molecule has 1 aromatic heterocycles. The predicted molar refractivity (Wildman–Crippen MR) is 133 cm³/mol. The molecule has 0 atom stereocenters. The second kappa shape index (κ2) is 10.0. The van der Waals surface area contributed by atoms with Crippen LogP contribution in [0.3, 0.4) is 0 Å². The van der Waals surface area contributed by atoms with Crippen LogP contribution in [0.4, 0.5) is 5.69 Å². The lowest BCUT2D eigenvalue weighted by Gasteiger charge is -2.12. The van der Waals surface area contributed by atoms with Crippen molar-refractivity contribution in [1.82, 2.24) is 9.29 Å². The zero-order valence-corrected chi connectivity index (χ0v) is 20.0. The second-order valence-electron chi connectivity index (χ2n) is 7.87. The van der Waals surface area contributed by atoms with Crippen LogP contribution in [0.2, 0.25) is 0 Å². The summed E-state index contributed by atoms with van der Waals surface area (Å²) >= 11 is 0. The maximum Gasteiger partial charge on any atom is 0.339 e. The number of sulfonamides is 1. The first kappa shape index (κ1) is 24.1. The number of nitrogens with zero attached hydrogens (tertiary/aromatic N) is 2. The SMILES string of the molecule is CN(C)S(=O)(=O)c1ccc(NC(=O)COC(=O)c2cc(-c3ccccc3)nc3ccccc23)cc1. The first-order valence-electron chi connectivity index (χ1n) is 10.7. The molecule has 0 aliphatic heterocycles. The van der Waals surface area contributed by atoms with Crippen LogP contribution >= 0.6 is 0 Å². The number of aromatic nitrogens is 1. The highest BCUT2D eigenvalue weighted by atomic mass is 32.2. The van der Waals surface area contributed by atoms with Gasteiger partial charge in [0.1, 0.15) is 0 Å². The summed E-state index contributed by atoms with van der Waals surface area (Å²) in [6.45, 7) is -0.506. The number of fused-ring (bicyclic) bond motifs is 1. The molecular weight excluding hydrogens is 466 g/mol. The molecule has 0 unspecified atom stereocenters. The Labute approximate surface area is 203 Å². The number of hydrogen-bond acceptors (Lipinski definition) is 6. The van der Waals surface area contributed by atoms with Gasteiger partial charge in [0.05, 0.1) is 21.7 Å². The Balaban J connectivity index is 1.48. The summed E-state index contributed by atoms with van der Waals surface area (Å²) in [6, 6.07) is 24.1. The molecule has 1 heterocycles. The lowest BCUT2D eigenvalue weighted by Crippen LogP contribution is -2.22. The summed E-state index contributed by atoms with van der Waals surface area (Å²) < 4.78 is 30.7. The number of rotatable bonds is 7. The van der Waals surface area contributed by atoms with E-state index in [1.807, 2.05) is 42.5 Å². The van der Waals surface area contributed by atoms with Gasteiger partial charge in [0.25, 0.3) is 5.91 Å². The zero-order valence-electron chi connectivity index (χ0n) is 19.1. The average Bonchev–Trinajstić information content (AvgIpc) is 2.87. The largest absolute Gasteiger partial charge is 0.452 e. The highest BCUT2D eigenvalue weighted by molar-refractivity contribution is 7.89. The molecular formula is C26H23N3O5S. The molecule has 0 saturated heterocycles. The standard InChI is InChI=1S/C26H23N3O5S/c1-29(2)35(32,33)20-14-12-19(13-15-20)27-25(30)17-34-26(31)22-16-24(18-8-4-3-5-9-18)28-23-11-7-6-10-21(22)23/h3-16H,17H2,1-2H3,(H,27,30). The minimum absolute atomic E-state index is 0.103. The summed E-state index contributed by atoms with van der Waals surface area (Å²) in [4.78, 5) is 30.0. The van der Waals surface area contributed by atoms with Crippen LogP contribution < -0.4 is 5.32 Å². The van der Waals surface area contributed by atoms with Crippen LogP contribution in [0.15, 0.2) is 89.8 Å². The molecule has 0 saturated carbocycles. The smallest absolute Gasteiger partial charge is 0.339 e. The van der Waals surface area contributed by atoms with E-state index in [9.17, 15) is 18.0 Å². The van der Waals surface area contributed by atoms with Gasteiger partial charge in [-0.25, -0.2) is 22.5 Å². The van der Waals surface area contributed by atoms with Crippen molar-refractivity contribution < 1.29 is 22.7 Å². The Morgan fingerprint density at radius 2 is 1.57 bits per heavy atom. The number of carbonyl (C=O) groups is 2. The van der Waals surface area contributed by atoms with Gasteiger partial charge in [-0.2, -0.15) is 0 Å². The van der Waals surface area contributed by atoms with Crippen LogP contribution in [0.25, 0.3) is 22.2 Å². The predicted octanol–water partition coefficient (Wildman–Crippen LogP) is 3.95. The number of para-hydroxylation sites is 1. The third kappa shape index (κ3) is 5.37. The summed E-state index contributed by atoms with van der Waals surface area (Å²) in [5.74, 6) is -1.20. The van der Waals surface area contributed by atoms with Gasteiger partial charge in [-0.1, -0.05) is 48.5 Å². The molecule has 0 aliphatic rings. The Morgan fingerprint density at radius 3 is 2.26 bits per heavy atom. The van der Waals surface area contributed by atoms with Crippen LogP contribution in [-0.2, 0) is 19.6 Å². The number of ether oxygens (including phenoxy) is 1. The van der Waals surface area contributed by atoms with E-state index in [-0.39, 0.29) is 4.90 Å². The van der Waals surface area contributed by atoms with Crippen molar-refractivity contribution in [3.8, 4) is 11.3 Å². The average molecular weight is 490 g/mol. The number of amides is 1. The van der Waals surface area contributed by atoms with Gasteiger partial charge in [0, 0.05) is 30.7 Å². The molecule has 0 fully saturated rings. The van der Waals surface area contributed by atoms with Crippen molar-refractivity contribution in [3.63, 3.8) is 0 Å². The third-order valence-electron chi connectivity index (χ3n) is 5.26. The quantitative estimate of drug-likeness (QED) is 0.394. The van der Waals surface area contributed by atoms with Crippen LogP contribution in [0, 0.1) is 0 Å². The number of pyridine rings is 1. The molecule has 0 aliphatic carbocycles. The van der Waals surface area contributed by atoms with Crippen molar-refractivity contribution in [2.75, 3.05) is 26.0 Å². The lowest BCUT2D eigenvalue weighted by atomic mass is 10.0. The molecule has 4 aromatic rings. The maximum absolute atomic E-state index is 12.9. The van der Waals surface area contributed by atoms with Gasteiger partial charge in [0.15, 0.2) is 6.61 Å². The van der Waals surface area contributed by atoms with Crippen molar-refractivity contribution >= 4 is 38.5 Å². The van der Waals surface area contributed by atoms with Crippen molar-refractivity contribution in [2.45, 2.75) is 4.90 Å². The monoisotopic (exact) mass is 489 g/mol. The number of nitrogens with one attached hydrogen (secondary N) is 1. The number of anilines is 1. The van der Waals surface area contributed by atoms with E-state index in [0.717, 1.165) is 9.87 Å². The van der Waals surface area contributed by atoms with Gasteiger partial charge in [0.2, 0.25) is 10.0 Å². The molecule has 1 N–H and O–H groups in total. The number of hydrogen-bond donors (Lipinski definition) is 1. The fourth-order valence-electron chi connectivity index (χ4n) is 3.43. The number of esters is 1. The van der Waals surface area contributed by atoms with Crippen molar-refractivity contribution in [1.29, 1.82) is 0 Å². The van der Waals surface area contributed by atoms with Gasteiger partial charge in [-0.15, -0.1) is 0 Å². The number of benzene rings is 3. The van der Waals surface area contributed by atoms with Gasteiger partial charge in [-0.3, -0.25) is 4.79 Å². The van der Waals surface area contributed by atoms with Crippen molar-refractivity contribution in [2.24, 2.45) is 0 Å². The summed E-state index contributed by atoms with van der Waals surface area (Å²) in [6.07, 6.45) is 0. The highest BCUT2D eigenvalue weighted by Crippen LogP contribution is 2.25. The summed E-state index contributed by atoms with van der Waals surface area (Å²) in [5.41, 5.74) is 2.79. The molecule has 8 nitrogen and oxygen atoms in total. The lowest BCUT2D eigenvalue weighted by molar-refractivity contribution is -0.119. The molecule has 35 heavy (non-hydrogen) atoms. The van der Waals surface area contributed by atoms with Gasteiger partial charge < -0.3 is 10.1 Å². The van der Waals surface area contributed by atoms with Crippen LogP contribution in [0.1, 0.15) is 10.4 Å². The van der Waals surface area contributed by atoms with E-state index in [2.05, 4.69) is 10.3 Å². The highest BCUT2D eigenvalue weighted by Gasteiger charge is 2.18. The Bertz CT molecular complexity index is 1480. The second-order valence-corrected chi connectivity index (χ2v) is 10.0. The van der Waals surface area contributed by atoms with E-state index in [1.165, 1.54) is 38.4 Å². The van der Waals surface area contributed by atoms with Gasteiger partial charge in [-0.05, 0) is 36.4 Å². The fraction of sp³-hybridized carbons (Fsp3) is 0.115. The topological polar surface area (TPSA) is 106 Å². The molecule has 3 aromatic carbocycles. The summed E-state index contributed by atoms with van der Waals surface area (Å²) in [5, 5.41) is 3.21. The molecule has 1 amide bonds. The van der Waals surface area contributed by atoms with Crippen LogP contribution in [0.5, 0.6) is 0 Å². The molecule has 0 spiro atoms.